The van der Waals surface area contributed by atoms with Crippen LogP contribution in [0.15, 0.2) is 78.2 Å². The van der Waals surface area contributed by atoms with Crippen molar-refractivity contribution >= 4 is 29.0 Å². The number of carbonyl (C=O) groups excluding carboxylic acids is 2. The van der Waals surface area contributed by atoms with E-state index in [0.29, 0.717) is 18.8 Å². The lowest BCUT2D eigenvalue weighted by Gasteiger charge is -2.32. The van der Waals surface area contributed by atoms with Crippen molar-refractivity contribution in [3.63, 3.8) is 0 Å². The second-order valence-corrected chi connectivity index (χ2v) is 9.39. The maximum atomic E-state index is 13.0. The Balaban J connectivity index is 1.39. The number of nitrogens with one attached hydrogen (secondary N) is 3. The van der Waals surface area contributed by atoms with Crippen molar-refractivity contribution in [2.24, 2.45) is 0 Å². The van der Waals surface area contributed by atoms with Gasteiger partial charge in [0, 0.05) is 18.5 Å². The molecule has 0 radical (unpaired) electrons. The highest BCUT2D eigenvalue weighted by Gasteiger charge is 2.30. The molecule has 0 aliphatic carbocycles. The summed E-state index contributed by atoms with van der Waals surface area (Å²) in [5.41, 5.74) is 2.61. The number of nitrogens with zero attached hydrogens (tertiary/aromatic N) is 2. The maximum absolute atomic E-state index is 13.0. The fourth-order valence-corrected chi connectivity index (χ4v) is 4.87. The number of amides is 2. The Kier molecular flexibility index (Phi) is 7.11. The van der Waals surface area contributed by atoms with Crippen LogP contribution in [0.25, 0.3) is 10.6 Å². The van der Waals surface area contributed by atoms with Crippen molar-refractivity contribution < 1.29 is 14.3 Å². The van der Waals surface area contributed by atoms with E-state index in [1.807, 2.05) is 85.1 Å². The molecule has 5 rings (SSSR count). The first kappa shape index (κ1) is 23.8. The summed E-state index contributed by atoms with van der Waals surface area (Å²) in [6.07, 6.45) is -0.104. The molecule has 184 valence electrons. The molecule has 2 aromatic heterocycles. The molecule has 9 heteroatoms. The molecule has 0 bridgehead atoms. The molecule has 1 saturated heterocycles. The van der Waals surface area contributed by atoms with E-state index in [1.165, 1.54) is 0 Å². The van der Waals surface area contributed by atoms with Crippen LogP contribution in [0.2, 0.25) is 0 Å². The minimum atomic E-state index is -0.619. The number of carbonyl (C=O) groups is 2. The standard InChI is InChI=1S/C27H27N5O3S/c1-2-35-20-12-10-18(11-13-20)15-25(33)29-24-16-22(23-9-6-14-36-23)31-32(24)27-28-21(17-26(34)30-27)19-7-4-3-5-8-19/h3-14,16,21,27-28H,2,15,17H2,1H3,(H,29,33)(H,30,34). The number of hydrogen-bond donors (Lipinski definition) is 3. The first-order chi connectivity index (χ1) is 17.6. The lowest BCUT2D eigenvalue weighted by molar-refractivity contribution is -0.125. The zero-order valence-electron chi connectivity index (χ0n) is 19.8. The van der Waals surface area contributed by atoms with E-state index in [2.05, 4.69) is 16.0 Å². The highest BCUT2D eigenvalue weighted by atomic mass is 32.1. The average molecular weight is 502 g/mol. The number of ether oxygens (including phenoxy) is 1. The van der Waals surface area contributed by atoms with Crippen molar-refractivity contribution in [1.82, 2.24) is 20.4 Å². The summed E-state index contributed by atoms with van der Waals surface area (Å²) in [5, 5.41) is 16.1. The number of rotatable bonds is 8. The quantitative estimate of drug-likeness (QED) is 0.330. The molecule has 0 spiro atoms. The van der Waals surface area contributed by atoms with Crippen molar-refractivity contribution in [3.8, 4) is 16.3 Å². The molecule has 36 heavy (non-hydrogen) atoms. The molecule has 2 atom stereocenters. The second kappa shape index (κ2) is 10.8. The van der Waals surface area contributed by atoms with Gasteiger partial charge in [0.2, 0.25) is 11.8 Å². The molecule has 8 nitrogen and oxygen atoms in total. The topological polar surface area (TPSA) is 97.3 Å². The number of thiophene rings is 1. The Bertz CT molecular complexity index is 1320. The van der Waals surface area contributed by atoms with Crippen LogP contribution in [0.1, 0.15) is 36.8 Å². The first-order valence-electron chi connectivity index (χ1n) is 11.8. The third-order valence-corrected chi connectivity index (χ3v) is 6.76. The molecule has 1 aliphatic heterocycles. The smallest absolute Gasteiger partial charge is 0.229 e. The summed E-state index contributed by atoms with van der Waals surface area (Å²) in [6, 6.07) is 22.9. The summed E-state index contributed by atoms with van der Waals surface area (Å²) in [4.78, 5) is 26.6. The molecule has 3 N–H and O–H groups in total. The van der Waals surface area contributed by atoms with Crippen LogP contribution >= 0.6 is 11.3 Å². The minimum Gasteiger partial charge on any atom is -0.494 e. The third-order valence-electron chi connectivity index (χ3n) is 5.87. The van der Waals surface area contributed by atoms with Gasteiger partial charge in [-0.25, -0.2) is 4.68 Å². The summed E-state index contributed by atoms with van der Waals surface area (Å²) < 4.78 is 7.12. The van der Waals surface area contributed by atoms with E-state index in [4.69, 9.17) is 9.84 Å². The first-order valence-corrected chi connectivity index (χ1v) is 12.7. The lowest BCUT2D eigenvalue weighted by atomic mass is 10.0. The number of aromatic nitrogens is 2. The van der Waals surface area contributed by atoms with Gasteiger partial charge in [0.25, 0.3) is 0 Å². The summed E-state index contributed by atoms with van der Waals surface area (Å²) in [6.45, 7) is 2.52. The van der Waals surface area contributed by atoms with Gasteiger partial charge < -0.3 is 15.4 Å². The van der Waals surface area contributed by atoms with Gasteiger partial charge in [-0.05, 0) is 41.6 Å². The van der Waals surface area contributed by atoms with Crippen LogP contribution in [-0.4, -0.2) is 28.2 Å². The molecule has 3 heterocycles. The van der Waals surface area contributed by atoms with Gasteiger partial charge in [0.15, 0.2) is 6.29 Å². The summed E-state index contributed by atoms with van der Waals surface area (Å²) in [5.74, 6) is 1.00. The predicted molar refractivity (Wildman–Crippen MR) is 140 cm³/mol. The van der Waals surface area contributed by atoms with E-state index in [9.17, 15) is 9.59 Å². The Labute approximate surface area is 213 Å². The van der Waals surface area contributed by atoms with Crippen LogP contribution in [0.5, 0.6) is 5.75 Å². The van der Waals surface area contributed by atoms with Gasteiger partial charge in [-0.2, -0.15) is 5.10 Å². The Hall–Kier alpha value is -3.95. The summed E-state index contributed by atoms with van der Waals surface area (Å²) >= 11 is 1.56. The van der Waals surface area contributed by atoms with E-state index in [1.54, 1.807) is 16.0 Å². The summed E-state index contributed by atoms with van der Waals surface area (Å²) in [7, 11) is 0. The molecule has 4 aromatic rings. The van der Waals surface area contributed by atoms with Crippen LogP contribution < -0.4 is 20.7 Å². The molecular formula is C27H27N5O3S. The van der Waals surface area contributed by atoms with Crippen molar-refractivity contribution in [2.45, 2.75) is 32.1 Å². The van der Waals surface area contributed by atoms with Gasteiger partial charge >= 0.3 is 0 Å². The van der Waals surface area contributed by atoms with Crippen molar-refractivity contribution in [3.05, 3.63) is 89.3 Å². The average Bonchev–Trinajstić information content (AvgIpc) is 3.56. The van der Waals surface area contributed by atoms with E-state index < -0.39 is 6.29 Å². The van der Waals surface area contributed by atoms with Gasteiger partial charge in [-0.1, -0.05) is 48.5 Å². The molecule has 2 amide bonds. The molecule has 2 aromatic carbocycles. The van der Waals surface area contributed by atoms with E-state index in [0.717, 1.165) is 27.4 Å². The van der Waals surface area contributed by atoms with E-state index >= 15 is 0 Å². The second-order valence-electron chi connectivity index (χ2n) is 8.44. The van der Waals surface area contributed by atoms with Gasteiger partial charge in [0.05, 0.1) is 17.9 Å². The lowest BCUT2D eigenvalue weighted by Crippen LogP contribution is -2.50. The molecule has 1 fully saturated rings. The Morgan fingerprint density at radius 1 is 1.14 bits per heavy atom. The maximum Gasteiger partial charge on any atom is 0.229 e. The molecule has 1 aliphatic rings. The SMILES string of the molecule is CCOc1ccc(CC(=O)Nc2cc(-c3cccs3)nn2C2NC(=O)CC(c3ccccc3)N2)cc1. The molecule has 2 unspecified atom stereocenters. The zero-order chi connectivity index (χ0) is 24.9. The monoisotopic (exact) mass is 501 g/mol. The minimum absolute atomic E-state index is 0.0903. The normalized spacial score (nSPS) is 17.4. The van der Waals surface area contributed by atoms with Gasteiger partial charge in [0.1, 0.15) is 17.3 Å². The highest BCUT2D eigenvalue weighted by Crippen LogP contribution is 2.30. The fraction of sp³-hybridized carbons (Fsp3) is 0.222. The van der Waals surface area contributed by atoms with Crippen molar-refractivity contribution in [2.75, 3.05) is 11.9 Å². The van der Waals surface area contributed by atoms with Crippen LogP contribution in [-0.2, 0) is 16.0 Å². The number of hydrogen-bond acceptors (Lipinski definition) is 6. The molecular weight excluding hydrogens is 474 g/mol. The Morgan fingerprint density at radius 2 is 1.94 bits per heavy atom. The third kappa shape index (κ3) is 5.48. The van der Waals surface area contributed by atoms with Crippen LogP contribution in [0, 0.1) is 0 Å². The number of anilines is 1. The zero-order valence-corrected chi connectivity index (χ0v) is 20.6. The predicted octanol–water partition coefficient (Wildman–Crippen LogP) is 4.50. The van der Waals surface area contributed by atoms with Gasteiger partial charge in [-0.3, -0.25) is 14.9 Å². The fourth-order valence-electron chi connectivity index (χ4n) is 4.19. The number of benzene rings is 2. The van der Waals surface area contributed by atoms with Crippen molar-refractivity contribution in [1.29, 1.82) is 0 Å². The van der Waals surface area contributed by atoms with Crippen LogP contribution in [0.4, 0.5) is 5.82 Å². The Morgan fingerprint density at radius 3 is 2.67 bits per heavy atom. The van der Waals surface area contributed by atoms with E-state index in [-0.39, 0.29) is 24.3 Å². The highest BCUT2D eigenvalue weighted by molar-refractivity contribution is 7.13. The molecule has 0 saturated carbocycles. The van der Waals surface area contributed by atoms with Gasteiger partial charge in [-0.15, -0.1) is 11.3 Å². The van der Waals surface area contributed by atoms with Crippen LogP contribution in [0.3, 0.4) is 0 Å². The largest absolute Gasteiger partial charge is 0.494 e.